The number of aromatic hydroxyl groups is 1. The number of para-hydroxylation sites is 2. The minimum Gasteiger partial charge on any atom is -0.506 e. The van der Waals surface area contributed by atoms with E-state index in [-0.39, 0.29) is 11.7 Å². The highest BCUT2D eigenvalue weighted by Crippen LogP contribution is 2.35. The van der Waals surface area contributed by atoms with Crippen LogP contribution in [0.1, 0.15) is 22.2 Å². The molecule has 7 heteroatoms. The van der Waals surface area contributed by atoms with Crippen molar-refractivity contribution < 1.29 is 14.6 Å². The molecule has 0 spiro atoms. The van der Waals surface area contributed by atoms with Gasteiger partial charge in [-0.25, -0.2) is 9.97 Å². The Morgan fingerprint density at radius 1 is 1.35 bits per heavy atom. The fourth-order valence-corrected chi connectivity index (χ4v) is 3.30. The van der Waals surface area contributed by atoms with E-state index >= 15 is 0 Å². The number of nitrogens with one attached hydrogen (secondary N) is 1. The Morgan fingerprint density at radius 2 is 2.13 bits per heavy atom. The Balaban J connectivity index is 2.00. The lowest BCUT2D eigenvalue weighted by Crippen LogP contribution is -2.11. The van der Waals surface area contributed by atoms with Gasteiger partial charge in [0.1, 0.15) is 16.9 Å². The molecule has 1 amide bonds. The molecule has 0 aliphatic carbocycles. The van der Waals surface area contributed by atoms with Crippen LogP contribution in [0.5, 0.6) is 11.6 Å². The summed E-state index contributed by atoms with van der Waals surface area (Å²) in [5.74, 6) is 0.205. The van der Waals surface area contributed by atoms with Crippen LogP contribution in [0.4, 0.5) is 5.69 Å². The Bertz CT molecular complexity index is 876. The summed E-state index contributed by atoms with van der Waals surface area (Å²) in [6.07, 6.45) is 1.42. The van der Waals surface area contributed by atoms with Crippen molar-refractivity contribution in [1.29, 1.82) is 0 Å². The predicted molar refractivity (Wildman–Crippen MR) is 89.4 cm³/mol. The van der Waals surface area contributed by atoms with Crippen LogP contribution in [-0.2, 0) is 0 Å². The molecule has 0 radical (unpaired) electrons. The third-order valence-electron chi connectivity index (χ3n) is 3.33. The Morgan fingerprint density at radius 3 is 2.87 bits per heavy atom. The van der Waals surface area contributed by atoms with Crippen LogP contribution in [0.25, 0.3) is 10.2 Å². The van der Waals surface area contributed by atoms with Crippen LogP contribution in [0.15, 0.2) is 30.6 Å². The summed E-state index contributed by atoms with van der Waals surface area (Å²) in [6, 6.07) is 6.60. The summed E-state index contributed by atoms with van der Waals surface area (Å²) in [5.41, 5.74) is 1.13. The molecular weight excluding hydrogens is 314 g/mol. The Hall–Kier alpha value is -2.67. The number of anilines is 1. The number of aryl methyl sites for hydroxylation is 1. The summed E-state index contributed by atoms with van der Waals surface area (Å²) in [4.78, 5) is 22.1. The zero-order valence-electron chi connectivity index (χ0n) is 12.7. The van der Waals surface area contributed by atoms with Crippen molar-refractivity contribution in [3.8, 4) is 11.6 Å². The number of hydrogen-bond donors (Lipinski definition) is 2. The molecule has 2 aromatic heterocycles. The highest BCUT2D eigenvalue weighted by molar-refractivity contribution is 7.20. The molecule has 3 aromatic rings. The summed E-state index contributed by atoms with van der Waals surface area (Å²) < 4.78 is 5.51. The van der Waals surface area contributed by atoms with Gasteiger partial charge in [0, 0.05) is 0 Å². The monoisotopic (exact) mass is 329 g/mol. The van der Waals surface area contributed by atoms with E-state index in [9.17, 15) is 9.90 Å². The number of benzene rings is 1. The molecule has 0 saturated heterocycles. The van der Waals surface area contributed by atoms with Crippen LogP contribution in [-0.4, -0.2) is 27.6 Å². The summed E-state index contributed by atoms with van der Waals surface area (Å²) in [5, 5.41) is 13.2. The zero-order chi connectivity index (χ0) is 16.4. The lowest BCUT2D eigenvalue weighted by atomic mass is 10.2. The van der Waals surface area contributed by atoms with Gasteiger partial charge < -0.3 is 15.2 Å². The molecular formula is C16H15N3O3S. The molecule has 1 aromatic carbocycles. The molecule has 2 heterocycles. The van der Waals surface area contributed by atoms with Gasteiger partial charge in [0.25, 0.3) is 5.91 Å². The smallest absolute Gasteiger partial charge is 0.266 e. The number of phenolic OH excluding ortho intramolecular Hbond substituents is 1. The first-order chi connectivity index (χ1) is 11.1. The van der Waals surface area contributed by atoms with Crippen molar-refractivity contribution in [1.82, 2.24) is 9.97 Å². The van der Waals surface area contributed by atoms with Crippen LogP contribution >= 0.6 is 11.3 Å². The van der Waals surface area contributed by atoms with Crippen molar-refractivity contribution in [3.05, 3.63) is 41.0 Å². The fourth-order valence-electron chi connectivity index (χ4n) is 2.26. The molecule has 0 saturated carbocycles. The first-order valence-electron chi connectivity index (χ1n) is 7.08. The highest BCUT2D eigenvalue weighted by atomic mass is 32.1. The normalized spacial score (nSPS) is 10.7. The minimum atomic E-state index is -0.297. The Kier molecular flexibility index (Phi) is 4.12. The van der Waals surface area contributed by atoms with Gasteiger partial charge >= 0.3 is 0 Å². The van der Waals surface area contributed by atoms with E-state index in [0.29, 0.717) is 27.9 Å². The molecule has 3 rings (SSSR count). The second kappa shape index (κ2) is 6.21. The molecule has 0 bridgehead atoms. The van der Waals surface area contributed by atoms with Gasteiger partial charge in [-0.3, -0.25) is 4.79 Å². The molecule has 6 nitrogen and oxygen atoms in total. The topological polar surface area (TPSA) is 84.3 Å². The standard InChI is InChI=1S/C16H15N3O3S/c1-3-22-15-12-9(2)13(23-16(12)18-8-17-15)14(21)19-10-6-4-5-7-11(10)20/h4-8,20H,3H2,1-2H3,(H,19,21). The number of aromatic nitrogens is 2. The molecule has 118 valence electrons. The van der Waals surface area contributed by atoms with E-state index < -0.39 is 0 Å². The number of carbonyl (C=O) groups is 1. The van der Waals surface area contributed by atoms with Gasteiger partial charge in [-0.2, -0.15) is 0 Å². The van der Waals surface area contributed by atoms with E-state index in [4.69, 9.17) is 4.74 Å². The third kappa shape index (κ3) is 2.83. The summed E-state index contributed by atoms with van der Waals surface area (Å²) in [6.45, 7) is 4.20. The fraction of sp³-hybridized carbons (Fsp3) is 0.188. The van der Waals surface area contributed by atoms with Gasteiger partial charge in [-0.15, -0.1) is 11.3 Å². The number of carbonyl (C=O) groups excluding carboxylic acids is 1. The van der Waals surface area contributed by atoms with E-state index in [0.717, 1.165) is 10.9 Å². The van der Waals surface area contributed by atoms with Crippen LogP contribution < -0.4 is 10.1 Å². The largest absolute Gasteiger partial charge is 0.506 e. The highest BCUT2D eigenvalue weighted by Gasteiger charge is 2.20. The first-order valence-corrected chi connectivity index (χ1v) is 7.89. The number of hydrogen-bond acceptors (Lipinski definition) is 6. The summed E-state index contributed by atoms with van der Waals surface area (Å²) in [7, 11) is 0. The van der Waals surface area contributed by atoms with Crippen molar-refractivity contribution in [2.45, 2.75) is 13.8 Å². The first kappa shape index (κ1) is 15.2. The van der Waals surface area contributed by atoms with Crippen LogP contribution in [0.3, 0.4) is 0 Å². The number of thiophene rings is 1. The third-order valence-corrected chi connectivity index (χ3v) is 4.53. The van der Waals surface area contributed by atoms with Gasteiger partial charge in [0.2, 0.25) is 5.88 Å². The number of rotatable bonds is 4. The van der Waals surface area contributed by atoms with Gasteiger partial charge in [-0.05, 0) is 31.5 Å². The SMILES string of the molecule is CCOc1ncnc2sc(C(=O)Nc3ccccc3O)c(C)c12. The van der Waals surface area contributed by atoms with Crippen molar-refractivity contribution >= 4 is 33.1 Å². The molecule has 2 N–H and O–H groups in total. The quantitative estimate of drug-likeness (QED) is 0.717. The number of ether oxygens (including phenoxy) is 1. The van der Waals surface area contributed by atoms with E-state index in [2.05, 4.69) is 15.3 Å². The zero-order valence-corrected chi connectivity index (χ0v) is 13.5. The molecule has 0 unspecified atom stereocenters. The number of amides is 1. The van der Waals surface area contributed by atoms with Crippen molar-refractivity contribution in [3.63, 3.8) is 0 Å². The van der Waals surface area contributed by atoms with Crippen LogP contribution in [0, 0.1) is 6.92 Å². The van der Waals surface area contributed by atoms with Crippen molar-refractivity contribution in [2.24, 2.45) is 0 Å². The second-order valence-electron chi connectivity index (χ2n) is 4.82. The molecule has 0 fully saturated rings. The van der Waals surface area contributed by atoms with E-state index in [1.165, 1.54) is 23.7 Å². The number of fused-ring (bicyclic) bond motifs is 1. The van der Waals surface area contributed by atoms with Gasteiger partial charge in [-0.1, -0.05) is 12.1 Å². The average Bonchev–Trinajstić information content (AvgIpc) is 2.88. The lowest BCUT2D eigenvalue weighted by molar-refractivity contribution is 0.102. The lowest BCUT2D eigenvalue weighted by Gasteiger charge is -2.06. The molecule has 23 heavy (non-hydrogen) atoms. The maximum absolute atomic E-state index is 12.5. The number of phenols is 1. The molecule has 0 aliphatic rings. The van der Waals surface area contributed by atoms with E-state index in [1.807, 2.05) is 13.8 Å². The maximum Gasteiger partial charge on any atom is 0.266 e. The second-order valence-corrected chi connectivity index (χ2v) is 5.82. The number of nitrogens with zero attached hydrogens (tertiary/aromatic N) is 2. The predicted octanol–water partition coefficient (Wildman–Crippen LogP) is 3.36. The molecule has 0 aliphatic heterocycles. The average molecular weight is 329 g/mol. The molecule has 0 atom stereocenters. The van der Waals surface area contributed by atoms with Crippen molar-refractivity contribution in [2.75, 3.05) is 11.9 Å². The van der Waals surface area contributed by atoms with Crippen LogP contribution in [0.2, 0.25) is 0 Å². The Labute approximate surface area is 136 Å². The van der Waals surface area contributed by atoms with Gasteiger partial charge in [0.15, 0.2) is 0 Å². The van der Waals surface area contributed by atoms with E-state index in [1.54, 1.807) is 18.2 Å². The summed E-state index contributed by atoms with van der Waals surface area (Å²) >= 11 is 1.27. The maximum atomic E-state index is 12.5. The minimum absolute atomic E-state index is 0.0226. The van der Waals surface area contributed by atoms with Gasteiger partial charge in [0.05, 0.1) is 22.6 Å².